The van der Waals surface area contributed by atoms with Crippen LogP contribution in [0.1, 0.15) is 16.7 Å². The average Bonchev–Trinajstić information content (AvgIpc) is 2.97. The van der Waals surface area contributed by atoms with E-state index in [4.69, 9.17) is 17.0 Å². The predicted molar refractivity (Wildman–Crippen MR) is 111 cm³/mol. The van der Waals surface area contributed by atoms with Gasteiger partial charge in [-0.25, -0.2) is 4.39 Å². The van der Waals surface area contributed by atoms with Crippen molar-refractivity contribution in [1.29, 1.82) is 0 Å². The van der Waals surface area contributed by atoms with Gasteiger partial charge in [-0.05, 0) is 47.9 Å². The van der Waals surface area contributed by atoms with Gasteiger partial charge in [0.1, 0.15) is 15.9 Å². The van der Waals surface area contributed by atoms with Crippen LogP contribution < -0.4 is 15.0 Å². The molecule has 2 heterocycles. The van der Waals surface area contributed by atoms with Gasteiger partial charge in [-0.3, -0.25) is 9.59 Å². The maximum atomic E-state index is 13.5. The third-order valence-electron chi connectivity index (χ3n) is 4.43. The van der Waals surface area contributed by atoms with Gasteiger partial charge in [-0.2, -0.15) is 0 Å². The Morgan fingerprint density at radius 3 is 2.82 bits per heavy atom. The smallest absolute Gasteiger partial charge is 0.265 e. The highest BCUT2D eigenvalue weighted by molar-refractivity contribution is 8.26. The second-order valence-corrected chi connectivity index (χ2v) is 8.15. The summed E-state index contributed by atoms with van der Waals surface area (Å²) in [4.78, 5) is 26.5. The Labute approximate surface area is 170 Å². The zero-order valence-electron chi connectivity index (χ0n) is 14.8. The summed E-state index contributed by atoms with van der Waals surface area (Å²) in [6.07, 6.45) is 1.72. The molecule has 0 unspecified atom stereocenters. The summed E-state index contributed by atoms with van der Waals surface area (Å²) in [5, 5.41) is 2.58. The monoisotopic (exact) mass is 414 g/mol. The number of amides is 2. The minimum absolute atomic E-state index is 0.0554. The van der Waals surface area contributed by atoms with E-state index in [1.165, 1.54) is 17.8 Å². The summed E-state index contributed by atoms with van der Waals surface area (Å²) in [5.74, 6) is -0.122. The van der Waals surface area contributed by atoms with E-state index >= 15 is 0 Å². The summed E-state index contributed by atoms with van der Waals surface area (Å²) in [6.45, 7) is 1.93. The Bertz CT molecular complexity index is 1050. The molecule has 0 saturated carbocycles. The molecule has 0 radical (unpaired) electrons. The number of carbonyl (C=O) groups excluding carboxylic acids is 2. The molecule has 1 N–H and O–H groups in total. The Kier molecular flexibility index (Phi) is 4.91. The van der Waals surface area contributed by atoms with Gasteiger partial charge in [-0.1, -0.05) is 42.2 Å². The lowest BCUT2D eigenvalue weighted by molar-refractivity contribution is -0.121. The number of aryl methyl sites for hydroxylation is 1. The van der Waals surface area contributed by atoms with Gasteiger partial charge in [0.25, 0.3) is 11.8 Å². The normalized spacial score (nSPS) is 17.6. The Balaban J connectivity index is 1.68. The first-order chi connectivity index (χ1) is 13.4. The second-order valence-electron chi connectivity index (χ2n) is 6.43. The predicted octanol–water partition coefficient (Wildman–Crippen LogP) is 3.55. The average molecular weight is 414 g/mol. The van der Waals surface area contributed by atoms with Crippen LogP contribution in [0, 0.1) is 12.7 Å². The SMILES string of the molecule is Cc1cc(CN2C(=O)COc3ccc(/C=C4/SC(=S)NC4=O)cc32)ccc1F. The van der Waals surface area contributed by atoms with Crippen molar-refractivity contribution in [2.24, 2.45) is 0 Å². The number of halogens is 1. The highest BCUT2D eigenvalue weighted by Gasteiger charge is 2.27. The Morgan fingerprint density at radius 2 is 2.11 bits per heavy atom. The zero-order valence-corrected chi connectivity index (χ0v) is 16.5. The minimum Gasteiger partial charge on any atom is -0.482 e. The summed E-state index contributed by atoms with van der Waals surface area (Å²) < 4.78 is 19.5. The number of carbonyl (C=O) groups is 2. The van der Waals surface area contributed by atoms with Gasteiger partial charge < -0.3 is 15.0 Å². The van der Waals surface area contributed by atoms with Crippen LogP contribution in [0.2, 0.25) is 0 Å². The first kappa shape index (κ1) is 18.6. The van der Waals surface area contributed by atoms with Crippen LogP contribution in [0.4, 0.5) is 10.1 Å². The summed E-state index contributed by atoms with van der Waals surface area (Å²) in [7, 11) is 0. The molecule has 1 saturated heterocycles. The van der Waals surface area contributed by atoms with E-state index in [1.54, 1.807) is 42.2 Å². The molecule has 2 aromatic rings. The lowest BCUT2D eigenvalue weighted by Gasteiger charge is -2.30. The molecule has 4 rings (SSSR count). The van der Waals surface area contributed by atoms with Crippen molar-refractivity contribution in [3.8, 4) is 5.75 Å². The Morgan fingerprint density at radius 1 is 1.29 bits per heavy atom. The molecule has 28 heavy (non-hydrogen) atoms. The molecule has 5 nitrogen and oxygen atoms in total. The van der Waals surface area contributed by atoms with E-state index < -0.39 is 0 Å². The van der Waals surface area contributed by atoms with Crippen LogP contribution in [0.25, 0.3) is 6.08 Å². The van der Waals surface area contributed by atoms with Gasteiger partial charge in [-0.15, -0.1) is 0 Å². The van der Waals surface area contributed by atoms with E-state index in [-0.39, 0.29) is 24.2 Å². The van der Waals surface area contributed by atoms with E-state index in [9.17, 15) is 14.0 Å². The van der Waals surface area contributed by atoms with Crippen LogP contribution in [0.5, 0.6) is 5.75 Å². The van der Waals surface area contributed by atoms with Crippen molar-refractivity contribution in [1.82, 2.24) is 5.32 Å². The summed E-state index contributed by atoms with van der Waals surface area (Å²) in [6, 6.07) is 10.2. The third kappa shape index (κ3) is 3.65. The number of hydrogen-bond acceptors (Lipinski definition) is 5. The number of thioether (sulfide) groups is 1. The fraction of sp³-hybridized carbons (Fsp3) is 0.150. The first-order valence-electron chi connectivity index (χ1n) is 8.48. The van der Waals surface area contributed by atoms with E-state index in [2.05, 4.69) is 5.32 Å². The largest absolute Gasteiger partial charge is 0.482 e. The molecular formula is C20H15FN2O3S2. The molecule has 0 aliphatic carbocycles. The highest BCUT2D eigenvalue weighted by Crippen LogP contribution is 2.35. The molecule has 2 aliphatic rings. The van der Waals surface area contributed by atoms with Crippen molar-refractivity contribution < 1.29 is 18.7 Å². The number of benzene rings is 2. The van der Waals surface area contributed by atoms with E-state index in [1.807, 2.05) is 6.07 Å². The molecule has 0 bridgehead atoms. The molecule has 2 aromatic carbocycles. The second kappa shape index (κ2) is 7.37. The van der Waals surface area contributed by atoms with Crippen molar-refractivity contribution >= 4 is 51.9 Å². The van der Waals surface area contributed by atoms with Crippen molar-refractivity contribution in [2.45, 2.75) is 13.5 Å². The lowest BCUT2D eigenvalue weighted by atomic mass is 10.1. The highest BCUT2D eigenvalue weighted by atomic mass is 32.2. The summed E-state index contributed by atoms with van der Waals surface area (Å²) in [5.41, 5.74) is 2.70. The van der Waals surface area contributed by atoms with Crippen LogP contribution in [0.3, 0.4) is 0 Å². The molecule has 2 amide bonds. The van der Waals surface area contributed by atoms with Gasteiger partial charge >= 0.3 is 0 Å². The van der Waals surface area contributed by atoms with Gasteiger partial charge in [0.2, 0.25) is 0 Å². The number of rotatable bonds is 3. The molecule has 0 spiro atoms. The number of ether oxygens (including phenoxy) is 1. The van der Waals surface area contributed by atoms with E-state index in [0.29, 0.717) is 32.8 Å². The number of hydrogen-bond donors (Lipinski definition) is 1. The minimum atomic E-state index is -0.281. The molecule has 1 fully saturated rings. The van der Waals surface area contributed by atoms with Gasteiger partial charge in [0.15, 0.2) is 6.61 Å². The van der Waals surface area contributed by atoms with Crippen LogP contribution in [-0.2, 0) is 16.1 Å². The molecule has 2 aliphatic heterocycles. The van der Waals surface area contributed by atoms with Crippen LogP contribution in [-0.4, -0.2) is 22.7 Å². The first-order valence-corrected chi connectivity index (χ1v) is 9.70. The maximum Gasteiger partial charge on any atom is 0.265 e. The lowest BCUT2D eigenvalue weighted by Crippen LogP contribution is -2.38. The van der Waals surface area contributed by atoms with Crippen molar-refractivity contribution in [2.75, 3.05) is 11.5 Å². The van der Waals surface area contributed by atoms with Crippen molar-refractivity contribution in [3.05, 3.63) is 63.8 Å². The van der Waals surface area contributed by atoms with Gasteiger partial charge in [0.05, 0.1) is 17.1 Å². The maximum absolute atomic E-state index is 13.5. The molecular weight excluding hydrogens is 399 g/mol. The fourth-order valence-corrected chi connectivity index (χ4v) is 4.09. The van der Waals surface area contributed by atoms with Crippen LogP contribution >= 0.6 is 24.0 Å². The third-order valence-corrected chi connectivity index (χ3v) is 5.59. The molecule has 8 heteroatoms. The molecule has 0 aromatic heterocycles. The number of anilines is 1. The van der Waals surface area contributed by atoms with Gasteiger partial charge in [0, 0.05) is 0 Å². The van der Waals surface area contributed by atoms with E-state index in [0.717, 1.165) is 11.1 Å². The standard InChI is InChI=1S/C20H15FN2O3S2/c1-11-6-13(2-4-14(11)21)9-23-15-7-12(3-5-16(15)26-10-18(23)24)8-17-19(25)22-20(27)28-17/h2-8H,9-10H2,1H3,(H,22,25,27)/b17-8+. The van der Waals surface area contributed by atoms with Crippen LogP contribution in [0.15, 0.2) is 41.3 Å². The number of fused-ring (bicyclic) bond motifs is 1. The molecule has 142 valence electrons. The number of nitrogens with one attached hydrogen (secondary N) is 1. The number of nitrogens with zero attached hydrogens (tertiary/aromatic N) is 1. The zero-order chi connectivity index (χ0) is 19.8. The Hall–Kier alpha value is -2.71. The molecule has 0 atom stereocenters. The number of thiocarbonyl (C=S) groups is 1. The topological polar surface area (TPSA) is 58.6 Å². The fourth-order valence-electron chi connectivity index (χ4n) is 3.04. The quantitative estimate of drug-likeness (QED) is 0.615. The van der Waals surface area contributed by atoms with Crippen molar-refractivity contribution in [3.63, 3.8) is 0 Å². The summed E-state index contributed by atoms with van der Waals surface area (Å²) >= 11 is 6.20.